The maximum atomic E-state index is 10.7. The van der Waals surface area contributed by atoms with E-state index in [1.54, 1.807) is 11.8 Å². The number of carboxylic acids is 1. The number of aliphatic carboxylic acids is 1. The molecule has 1 heterocycles. The van der Waals surface area contributed by atoms with E-state index < -0.39 is 5.97 Å². The molecule has 1 N–H and O–H groups in total. The van der Waals surface area contributed by atoms with Gasteiger partial charge >= 0.3 is 5.97 Å². The zero-order valence-electron chi connectivity index (χ0n) is 9.07. The summed E-state index contributed by atoms with van der Waals surface area (Å²) in [5.41, 5.74) is 0.839. The number of rotatable bonds is 4. The molecule has 0 saturated carbocycles. The lowest BCUT2D eigenvalue weighted by Gasteiger charge is -2.05. The predicted octanol–water partition coefficient (Wildman–Crippen LogP) is 1.15. The lowest BCUT2D eigenvalue weighted by atomic mass is 10.2. The van der Waals surface area contributed by atoms with Crippen LogP contribution < -0.4 is 0 Å². The van der Waals surface area contributed by atoms with Gasteiger partial charge in [-0.3, -0.25) is 4.79 Å². The molecule has 2 rings (SSSR count). The van der Waals surface area contributed by atoms with Crippen molar-refractivity contribution in [3.63, 3.8) is 0 Å². The SMILES string of the molecule is CSc1ccccc1-c1nnnn1CC(=O)O. The van der Waals surface area contributed by atoms with Crippen LogP contribution in [-0.2, 0) is 11.3 Å². The zero-order chi connectivity index (χ0) is 12.3. The molecule has 0 aliphatic carbocycles. The first kappa shape index (κ1) is 11.6. The molecule has 0 amide bonds. The van der Waals surface area contributed by atoms with Gasteiger partial charge in [-0.05, 0) is 28.8 Å². The maximum absolute atomic E-state index is 10.7. The van der Waals surface area contributed by atoms with Crippen molar-refractivity contribution in [2.45, 2.75) is 11.4 Å². The van der Waals surface area contributed by atoms with Crippen LogP contribution in [0.25, 0.3) is 11.4 Å². The first-order chi connectivity index (χ1) is 8.22. The number of carboxylic acid groups (broad SMARTS) is 1. The average molecular weight is 250 g/mol. The Morgan fingerprint density at radius 1 is 1.47 bits per heavy atom. The molecular weight excluding hydrogens is 240 g/mol. The third kappa shape index (κ3) is 2.44. The Balaban J connectivity index is 2.46. The van der Waals surface area contributed by atoms with Gasteiger partial charge in [0.2, 0.25) is 0 Å². The normalized spacial score (nSPS) is 10.4. The quantitative estimate of drug-likeness (QED) is 0.820. The van der Waals surface area contributed by atoms with Crippen LogP contribution in [0.3, 0.4) is 0 Å². The minimum Gasteiger partial charge on any atom is -0.480 e. The van der Waals surface area contributed by atoms with E-state index in [1.807, 2.05) is 30.5 Å². The van der Waals surface area contributed by atoms with Gasteiger partial charge in [-0.15, -0.1) is 16.9 Å². The maximum Gasteiger partial charge on any atom is 0.325 e. The molecule has 88 valence electrons. The van der Waals surface area contributed by atoms with Crippen LogP contribution in [0.4, 0.5) is 0 Å². The van der Waals surface area contributed by atoms with Crippen molar-refractivity contribution in [2.75, 3.05) is 6.26 Å². The van der Waals surface area contributed by atoms with Crippen molar-refractivity contribution in [1.82, 2.24) is 20.2 Å². The fourth-order valence-corrected chi connectivity index (χ4v) is 2.06. The van der Waals surface area contributed by atoms with Crippen molar-refractivity contribution < 1.29 is 9.90 Å². The summed E-state index contributed by atoms with van der Waals surface area (Å²) in [4.78, 5) is 11.7. The molecule has 0 radical (unpaired) electrons. The van der Waals surface area contributed by atoms with Crippen LogP contribution in [0.15, 0.2) is 29.2 Å². The molecule has 7 heteroatoms. The van der Waals surface area contributed by atoms with Crippen LogP contribution >= 0.6 is 11.8 Å². The molecule has 6 nitrogen and oxygen atoms in total. The number of aromatic nitrogens is 4. The van der Waals surface area contributed by atoms with E-state index in [2.05, 4.69) is 15.5 Å². The molecule has 1 aromatic heterocycles. The van der Waals surface area contributed by atoms with Crippen molar-refractivity contribution in [3.8, 4) is 11.4 Å². The Morgan fingerprint density at radius 3 is 2.94 bits per heavy atom. The van der Waals surface area contributed by atoms with Gasteiger partial charge in [0.25, 0.3) is 0 Å². The van der Waals surface area contributed by atoms with E-state index in [-0.39, 0.29) is 6.54 Å². The van der Waals surface area contributed by atoms with E-state index in [0.29, 0.717) is 5.82 Å². The highest BCUT2D eigenvalue weighted by Gasteiger charge is 2.14. The number of tetrazole rings is 1. The predicted molar refractivity (Wildman–Crippen MR) is 62.7 cm³/mol. The Hall–Kier alpha value is -1.89. The Kier molecular flexibility index (Phi) is 3.38. The standard InChI is InChI=1S/C10H10N4O2S/c1-17-8-5-3-2-4-7(8)10-11-12-13-14(10)6-9(15)16/h2-5H,6H2,1H3,(H,15,16). The Bertz CT molecular complexity index is 541. The fourth-order valence-electron chi connectivity index (χ4n) is 1.46. The van der Waals surface area contributed by atoms with Crippen LogP contribution in [0.2, 0.25) is 0 Å². The molecule has 0 aliphatic rings. The van der Waals surface area contributed by atoms with Gasteiger partial charge in [-0.2, -0.15) is 0 Å². The second-order valence-corrected chi connectivity index (χ2v) is 4.10. The van der Waals surface area contributed by atoms with Crippen LogP contribution in [0.1, 0.15) is 0 Å². The van der Waals surface area contributed by atoms with Gasteiger partial charge < -0.3 is 5.11 Å². The molecular formula is C10H10N4O2S. The third-order valence-corrected chi connectivity index (χ3v) is 2.96. The number of thioether (sulfide) groups is 1. The van der Waals surface area contributed by atoms with E-state index in [1.165, 1.54) is 4.68 Å². The monoisotopic (exact) mass is 250 g/mol. The second-order valence-electron chi connectivity index (χ2n) is 3.25. The highest BCUT2D eigenvalue weighted by Crippen LogP contribution is 2.27. The van der Waals surface area contributed by atoms with Gasteiger partial charge in [-0.1, -0.05) is 12.1 Å². The molecule has 0 aliphatic heterocycles. The minimum atomic E-state index is -0.972. The molecule has 0 atom stereocenters. The summed E-state index contributed by atoms with van der Waals surface area (Å²) in [6.07, 6.45) is 1.95. The lowest BCUT2D eigenvalue weighted by molar-refractivity contribution is -0.137. The van der Waals surface area contributed by atoms with Crippen LogP contribution in [-0.4, -0.2) is 37.5 Å². The topological polar surface area (TPSA) is 80.9 Å². The van der Waals surface area contributed by atoms with Crippen molar-refractivity contribution in [1.29, 1.82) is 0 Å². The highest BCUT2D eigenvalue weighted by molar-refractivity contribution is 7.98. The summed E-state index contributed by atoms with van der Waals surface area (Å²) in [5, 5.41) is 19.8. The molecule has 0 unspecified atom stereocenters. The molecule has 0 bridgehead atoms. The van der Waals surface area contributed by atoms with Gasteiger partial charge in [0.05, 0.1) is 0 Å². The third-order valence-electron chi connectivity index (χ3n) is 2.16. The number of hydrogen-bond acceptors (Lipinski definition) is 5. The smallest absolute Gasteiger partial charge is 0.325 e. The van der Waals surface area contributed by atoms with Gasteiger partial charge in [0, 0.05) is 10.5 Å². The molecule has 0 saturated heterocycles. The van der Waals surface area contributed by atoms with Crippen LogP contribution in [0.5, 0.6) is 0 Å². The highest BCUT2D eigenvalue weighted by atomic mass is 32.2. The molecule has 0 spiro atoms. The minimum absolute atomic E-state index is 0.245. The van der Waals surface area contributed by atoms with Crippen molar-refractivity contribution in [3.05, 3.63) is 24.3 Å². The summed E-state index contributed by atoms with van der Waals surface area (Å²) in [7, 11) is 0. The van der Waals surface area contributed by atoms with E-state index >= 15 is 0 Å². The molecule has 1 aromatic carbocycles. The molecule has 2 aromatic rings. The molecule has 17 heavy (non-hydrogen) atoms. The average Bonchev–Trinajstić information content (AvgIpc) is 2.76. The van der Waals surface area contributed by atoms with Crippen molar-refractivity contribution in [2.24, 2.45) is 0 Å². The van der Waals surface area contributed by atoms with E-state index in [0.717, 1.165) is 10.5 Å². The van der Waals surface area contributed by atoms with Gasteiger partial charge in [0.15, 0.2) is 5.82 Å². The first-order valence-corrected chi connectivity index (χ1v) is 6.06. The second kappa shape index (κ2) is 4.96. The van der Waals surface area contributed by atoms with Gasteiger partial charge in [0.1, 0.15) is 6.54 Å². The number of benzene rings is 1. The van der Waals surface area contributed by atoms with E-state index in [4.69, 9.17) is 5.11 Å². The zero-order valence-corrected chi connectivity index (χ0v) is 9.89. The summed E-state index contributed by atoms with van der Waals surface area (Å²) in [5.74, 6) is -0.502. The Morgan fingerprint density at radius 2 is 2.24 bits per heavy atom. The molecule has 0 fully saturated rings. The number of carbonyl (C=O) groups is 1. The first-order valence-electron chi connectivity index (χ1n) is 4.83. The van der Waals surface area contributed by atoms with Crippen LogP contribution in [0, 0.1) is 0 Å². The summed E-state index contributed by atoms with van der Waals surface area (Å²) >= 11 is 1.56. The number of hydrogen-bond donors (Lipinski definition) is 1. The fraction of sp³-hybridized carbons (Fsp3) is 0.200. The summed E-state index contributed by atoms with van der Waals surface area (Å²) in [6, 6.07) is 7.60. The summed E-state index contributed by atoms with van der Waals surface area (Å²) < 4.78 is 1.28. The summed E-state index contributed by atoms with van der Waals surface area (Å²) in [6.45, 7) is -0.245. The lowest BCUT2D eigenvalue weighted by Crippen LogP contribution is -2.11. The number of nitrogens with zero attached hydrogens (tertiary/aromatic N) is 4. The van der Waals surface area contributed by atoms with Gasteiger partial charge in [-0.25, -0.2) is 4.68 Å². The van der Waals surface area contributed by atoms with Crippen molar-refractivity contribution >= 4 is 17.7 Å². The Labute approximate surface area is 102 Å². The largest absolute Gasteiger partial charge is 0.480 e. The van der Waals surface area contributed by atoms with E-state index in [9.17, 15) is 4.79 Å².